The summed E-state index contributed by atoms with van der Waals surface area (Å²) in [6.07, 6.45) is 6.19. The number of nitrogens with one attached hydrogen (secondary N) is 1. The molecule has 1 aliphatic rings. The third-order valence-electron chi connectivity index (χ3n) is 4.19. The van der Waals surface area contributed by atoms with Crippen molar-refractivity contribution in [2.24, 2.45) is 0 Å². The Kier molecular flexibility index (Phi) is 7.43. The molecule has 0 saturated carbocycles. The summed E-state index contributed by atoms with van der Waals surface area (Å²) in [5.74, 6) is 0.229. The second-order valence-electron chi connectivity index (χ2n) is 6.25. The summed E-state index contributed by atoms with van der Waals surface area (Å²) < 4.78 is 11.6. The van der Waals surface area contributed by atoms with Crippen molar-refractivity contribution in [3.05, 3.63) is 35.9 Å². The van der Waals surface area contributed by atoms with E-state index < -0.39 is 10.8 Å². The van der Waals surface area contributed by atoms with Gasteiger partial charge in [0.15, 0.2) is 0 Å². The third-order valence-corrected chi connectivity index (χ3v) is 5.00. The summed E-state index contributed by atoms with van der Waals surface area (Å²) in [5, 5.41) is 2.94. The van der Waals surface area contributed by atoms with Gasteiger partial charge in [-0.05, 0) is 18.4 Å². The van der Waals surface area contributed by atoms with Gasteiger partial charge in [0.05, 0.1) is 12.6 Å². The Balaban J connectivity index is 1.98. The fourth-order valence-corrected chi connectivity index (χ4v) is 3.68. The Bertz CT molecular complexity index is 577. The summed E-state index contributed by atoms with van der Waals surface area (Å²) >= 11 is 0. The molecule has 1 heterocycles. The van der Waals surface area contributed by atoms with E-state index >= 15 is 0 Å². The highest BCUT2D eigenvalue weighted by Gasteiger charge is 2.21. The highest BCUT2D eigenvalue weighted by molar-refractivity contribution is 7.84. The lowest BCUT2D eigenvalue weighted by Gasteiger charge is -2.26. The number of amides is 2. The maximum atomic E-state index is 12.4. The van der Waals surface area contributed by atoms with Gasteiger partial charge in [-0.25, -0.2) is 0 Å². The van der Waals surface area contributed by atoms with Crippen LogP contribution in [0, 0.1) is 0 Å². The van der Waals surface area contributed by atoms with Crippen LogP contribution >= 0.6 is 0 Å². The molecule has 1 N–H and O–H groups in total. The van der Waals surface area contributed by atoms with E-state index in [1.165, 1.54) is 0 Å². The van der Waals surface area contributed by atoms with Crippen LogP contribution in [0.3, 0.4) is 0 Å². The van der Waals surface area contributed by atoms with Crippen molar-refractivity contribution in [1.82, 2.24) is 10.2 Å². The first-order chi connectivity index (χ1) is 11.6. The molecule has 5 nitrogen and oxygen atoms in total. The van der Waals surface area contributed by atoms with E-state index in [0.717, 1.165) is 31.2 Å². The van der Waals surface area contributed by atoms with Crippen LogP contribution in [-0.2, 0) is 20.4 Å². The van der Waals surface area contributed by atoms with Gasteiger partial charge in [0.1, 0.15) is 0 Å². The van der Waals surface area contributed by atoms with E-state index in [4.69, 9.17) is 0 Å². The number of rotatable bonds is 6. The van der Waals surface area contributed by atoms with Crippen LogP contribution in [0.2, 0.25) is 0 Å². The Morgan fingerprint density at radius 1 is 1.21 bits per heavy atom. The summed E-state index contributed by atoms with van der Waals surface area (Å²) in [4.78, 5) is 26.2. The lowest BCUT2D eigenvalue weighted by molar-refractivity contribution is -0.136. The van der Waals surface area contributed by atoms with Crippen molar-refractivity contribution in [2.45, 2.75) is 38.1 Å². The van der Waals surface area contributed by atoms with Crippen LogP contribution in [0.4, 0.5) is 0 Å². The molecular weight excluding hydrogens is 324 g/mol. The topological polar surface area (TPSA) is 66.5 Å². The molecule has 1 aliphatic heterocycles. The number of nitrogens with zero attached hydrogens (tertiary/aromatic N) is 1. The largest absolute Gasteiger partial charge is 0.347 e. The number of benzene rings is 1. The first-order valence-electron chi connectivity index (χ1n) is 8.48. The number of hydrogen-bond donors (Lipinski definition) is 1. The van der Waals surface area contributed by atoms with E-state index in [0.29, 0.717) is 18.7 Å². The fourth-order valence-electron chi connectivity index (χ4n) is 2.94. The smallest absolute Gasteiger partial charge is 0.240 e. The van der Waals surface area contributed by atoms with Crippen LogP contribution in [-0.4, -0.2) is 46.0 Å². The number of carbonyl (C=O) groups is 2. The molecule has 2 unspecified atom stereocenters. The van der Waals surface area contributed by atoms with Crippen LogP contribution in [0.25, 0.3) is 0 Å². The quantitative estimate of drug-likeness (QED) is 0.853. The van der Waals surface area contributed by atoms with Gasteiger partial charge in [-0.2, -0.15) is 0 Å². The summed E-state index contributed by atoms with van der Waals surface area (Å²) in [6.45, 7) is 0.723. The third kappa shape index (κ3) is 6.07. The van der Waals surface area contributed by atoms with Crippen LogP contribution in [0.1, 0.15) is 43.7 Å². The first kappa shape index (κ1) is 18.6. The molecule has 132 valence electrons. The average molecular weight is 350 g/mol. The molecule has 0 aliphatic carbocycles. The monoisotopic (exact) mass is 350 g/mol. The van der Waals surface area contributed by atoms with Crippen LogP contribution < -0.4 is 5.32 Å². The molecule has 1 aromatic rings. The van der Waals surface area contributed by atoms with E-state index in [9.17, 15) is 13.8 Å². The van der Waals surface area contributed by atoms with Gasteiger partial charge in [-0.1, -0.05) is 43.2 Å². The average Bonchev–Trinajstić information content (AvgIpc) is 2.54. The molecule has 24 heavy (non-hydrogen) atoms. The van der Waals surface area contributed by atoms with Crippen molar-refractivity contribution >= 4 is 22.6 Å². The van der Waals surface area contributed by atoms with Gasteiger partial charge in [0.25, 0.3) is 0 Å². The molecule has 0 bridgehead atoms. The molecule has 0 spiro atoms. The SMILES string of the molecule is CS(=O)CC(NC(=O)CN1CCCCCCC1=O)c1ccccc1. The predicted octanol–water partition coefficient (Wildman–Crippen LogP) is 2.02. The van der Waals surface area contributed by atoms with E-state index in [2.05, 4.69) is 5.32 Å². The molecule has 6 heteroatoms. The Hall–Kier alpha value is -1.69. The standard InChI is InChI=1S/C18H26N2O3S/c1-24(23)14-16(15-9-5-4-6-10-15)19-17(21)13-20-12-8-3-2-7-11-18(20)22/h4-6,9-10,16H,2-3,7-8,11-14H2,1H3,(H,19,21). The molecule has 0 aromatic heterocycles. The zero-order valence-corrected chi connectivity index (χ0v) is 15.0. The Morgan fingerprint density at radius 3 is 2.62 bits per heavy atom. The Morgan fingerprint density at radius 2 is 1.92 bits per heavy atom. The van der Waals surface area contributed by atoms with Gasteiger partial charge in [0.2, 0.25) is 11.8 Å². The zero-order chi connectivity index (χ0) is 17.4. The van der Waals surface area contributed by atoms with E-state index in [-0.39, 0.29) is 24.4 Å². The van der Waals surface area contributed by atoms with Crippen molar-refractivity contribution in [2.75, 3.05) is 25.1 Å². The van der Waals surface area contributed by atoms with Crippen molar-refractivity contribution in [3.8, 4) is 0 Å². The molecule has 1 saturated heterocycles. The van der Waals surface area contributed by atoms with Gasteiger partial charge in [-0.3, -0.25) is 13.8 Å². The van der Waals surface area contributed by atoms with Crippen molar-refractivity contribution in [3.63, 3.8) is 0 Å². The number of carbonyl (C=O) groups excluding carboxylic acids is 2. The molecular formula is C18H26N2O3S. The highest BCUT2D eigenvalue weighted by Crippen LogP contribution is 2.15. The van der Waals surface area contributed by atoms with E-state index in [1.54, 1.807) is 11.2 Å². The first-order valence-corrected chi connectivity index (χ1v) is 10.2. The van der Waals surface area contributed by atoms with Crippen LogP contribution in [0.15, 0.2) is 30.3 Å². The number of likely N-dealkylation sites (tertiary alicyclic amines) is 1. The molecule has 2 atom stereocenters. The van der Waals surface area contributed by atoms with E-state index in [1.807, 2.05) is 30.3 Å². The zero-order valence-electron chi connectivity index (χ0n) is 14.2. The minimum atomic E-state index is -1.03. The van der Waals surface area contributed by atoms with Gasteiger partial charge in [0, 0.05) is 35.8 Å². The second-order valence-corrected chi connectivity index (χ2v) is 7.73. The maximum absolute atomic E-state index is 12.4. The summed E-state index contributed by atoms with van der Waals surface area (Å²) in [7, 11) is -1.03. The minimum Gasteiger partial charge on any atom is -0.347 e. The lowest BCUT2D eigenvalue weighted by atomic mass is 10.1. The van der Waals surface area contributed by atoms with Gasteiger partial charge < -0.3 is 10.2 Å². The van der Waals surface area contributed by atoms with Gasteiger partial charge >= 0.3 is 0 Å². The van der Waals surface area contributed by atoms with Crippen molar-refractivity contribution < 1.29 is 13.8 Å². The predicted molar refractivity (Wildman–Crippen MR) is 95.9 cm³/mol. The highest BCUT2D eigenvalue weighted by atomic mass is 32.2. The molecule has 1 aromatic carbocycles. The summed E-state index contributed by atoms with van der Waals surface area (Å²) in [5.41, 5.74) is 0.931. The summed E-state index contributed by atoms with van der Waals surface area (Å²) in [6, 6.07) is 9.24. The fraction of sp³-hybridized carbons (Fsp3) is 0.556. The molecule has 2 rings (SSSR count). The van der Waals surface area contributed by atoms with Crippen LogP contribution in [0.5, 0.6) is 0 Å². The lowest BCUT2D eigenvalue weighted by Crippen LogP contribution is -2.43. The normalized spacial score (nSPS) is 18.4. The van der Waals surface area contributed by atoms with Gasteiger partial charge in [-0.15, -0.1) is 0 Å². The molecule has 2 amide bonds. The minimum absolute atomic E-state index is 0.0557. The molecule has 0 radical (unpaired) electrons. The second kappa shape index (κ2) is 9.57. The Labute approximate surface area is 146 Å². The maximum Gasteiger partial charge on any atom is 0.240 e. The van der Waals surface area contributed by atoms with Crippen molar-refractivity contribution in [1.29, 1.82) is 0 Å². The molecule has 1 fully saturated rings. The number of hydrogen-bond acceptors (Lipinski definition) is 3.